The van der Waals surface area contributed by atoms with E-state index in [-0.39, 0.29) is 0 Å². The highest BCUT2D eigenvalue weighted by Crippen LogP contribution is 2.20. The van der Waals surface area contributed by atoms with Crippen LogP contribution in [-0.4, -0.2) is 36.7 Å². The molecule has 3 heteroatoms. The normalized spacial score (nSPS) is 22.9. The monoisotopic (exact) mass is 276 g/mol. The van der Waals surface area contributed by atoms with Gasteiger partial charge in [-0.25, -0.2) is 0 Å². The molecule has 1 N–H and O–H groups in total. The Morgan fingerprint density at radius 2 is 2.10 bits per heavy atom. The SMILES string of the molecule is CC(C)NCc1cccc(CN(C)C2CCOC2C)c1. The molecule has 3 nitrogen and oxygen atoms in total. The molecule has 0 aromatic heterocycles. The Morgan fingerprint density at radius 1 is 1.35 bits per heavy atom. The van der Waals surface area contributed by atoms with Crippen LogP contribution in [0.25, 0.3) is 0 Å². The van der Waals surface area contributed by atoms with Crippen LogP contribution in [0.4, 0.5) is 0 Å². The maximum absolute atomic E-state index is 5.66. The molecule has 1 heterocycles. The lowest BCUT2D eigenvalue weighted by molar-refractivity contribution is 0.0814. The van der Waals surface area contributed by atoms with Crippen LogP contribution in [0.3, 0.4) is 0 Å². The topological polar surface area (TPSA) is 24.5 Å². The molecule has 0 bridgehead atoms. The van der Waals surface area contributed by atoms with Crippen molar-refractivity contribution in [3.63, 3.8) is 0 Å². The van der Waals surface area contributed by atoms with Gasteiger partial charge in [0, 0.05) is 31.8 Å². The van der Waals surface area contributed by atoms with Crippen molar-refractivity contribution in [1.82, 2.24) is 10.2 Å². The summed E-state index contributed by atoms with van der Waals surface area (Å²) in [5.41, 5.74) is 2.75. The van der Waals surface area contributed by atoms with E-state index in [9.17, 15) is 0 Å². The Balaban J connectivity index is 1.93. The van der Waals surface area contributed by atoms with Gasteiger partial charge in [0.25, 0.3) is 0 Å². The van der Waals surface area contributed by atoms with Gasteiger partial charge in [-0.05, 0) is 31.5 Å². The molecule has 20 heavy (non-hydrogen) atoms. The molecule has 1 aromatic rings. The van der Waals surface area contributed by atoms with Crippen molar-refractivity contribution in [3.8, 4) is 0 Å². The highest BCUT2D eigenvalue weighted by atomic mass is 16.5. The van der Waals surface area contributed by atoms with Crippen molar-refractivity contribution >= 4 is 0 Å². The molecular formula is C17H28N2O. The molecule has 0 radical (unpaired) electrons. The molecule has 1 aromatic carbocycles. The van der Waals surface area contributed by atoms with E-state index in [0.29, 0.717) is 18.2 Å². The summed E-state index contributed by atoms with van der Waals surface area (Å²) in [4.78, 5) is 2.42. The standard InChI is InChI=1S/C17H28N2O/c1-13(2)18-11-15-6-5-7-16(10-15)12-19(4)17-8-9-20-14(17)3/h5-7,10,13-14,17-18H,8-9,11-12H2,1-4H3. The Labute approximate surface area is 123 Å². The van der Waals surface area contributed by atoms with Crippen LogP contribution < -0.4 is 5.32 Å². The minimum atomic E-state index is 0.353. The Hall–Kier alpha value is -0.900. The highest BCUT2D eigenvalue weighted by molar-refractivity contribution is 5.23. The van der Waals surface area contributed by atoms with Crippen LogP contribution in [0.2, 0.25) is 0 Å². The number of rotatable bonds is 6. The molecule has 0 spiro atoms. The van der Waals surface area contributed by atoms with Crippen molar-refractivity contribution < 1.29 is 4.74 Å². The second kappa shape index (κ2) is 7.21. The fraction of sp³-hybridized carbons (Fsp3) is 0.647. The molecule has 0 aliphatic carbocycles. The van der Waals surface area contributed by atoms with E-state index < -0.39 is 0 Å². The summed E-state index contributed by atoms with van der Waals surface area (Å²) in [7, 11) is 2.20. The highest BCUT2D eigenvalue weighted by Gasteiger charge is 2.27. The van der Waals surface area contributed by atoms with Gasteiger partial charge in [0.05, 0.1) is 6.10 Å². The average Bonchev–Trinajstić information content (AvgIpc) is 2.83. The van der Waals surface area contributed by atoms with Crippen LogP contribution >= 0.6 is 0 Å². The van der Waals surface area contributed by atoms with Crippen LogP contribution in [0.15, 0.2) is 24.3 Å². The van der Waals surface area contributed by atoms with E-state index in [2.05, 4.69) is 62.3 Å². The molecule has 112 valence electrons. The van der Waals surface area contributed by atoms with Crippen LogP contribution in [-0.2, 0) is 17.8 Å². The summed E-state index contributed by atoms with van der Waals surface area (Å²) < 4.78 is 5.66. The third kappa shape index (κ3) is 4.30. The van der Waals surface area contributed by atoms with E-state index in [1.807, 2.05) is 0 Å². The molecule has 2 atom stereocenters. The van der Waals surface area contributed by atoms with Gasteiger partial charge in [0.1, 0.15) is 0 Å². The zero-order chi connectivity index (χ0) is 14.5. The largest absolute Gasteiger partial charge is 0.377 e. The zero-order valence-electron chi connectivity index (χ0n) is 13.2. The summed E-state index contributed by atoms with van der Waals surface area (Å²) in [6, 6.07) is 9.96. The Bertz CT molecular complexity index is 419. The molecule has 0 saturated carbocycles. The summed E-state index contributed by atoms with van der Waals surface area (Å²) in [5, 5.41) is 3.47. The first-order valence-electron chi connectivity index (χ1n) is 7.69. The van der Waals surface area contributed by atoms with E-state index in [0.717, 1.165) is 26.1 Å². The Morgan fingerprint density at radius 3 is 2.75 bits per heavy atom. The maximum atomic E-state index is 5.66. The third-order valence-corrected chi connectivity index (χ3v) is 4.04. The fourth-order valence-corrected chi connectivity index (χ4v) is 2.86. The third-order valence-electron chi connectivity index (χ3n) is 4.04. The van der Waals surface area contributed by atoms with Gasteiger partial charge < -0.3 is 10.1 Å². The number of hydrogen-bond donors (Lipinski definition) is 1. The van der Waals surface area contributed by atoms with Crippen molar-refractivity contribution in [2.75, 3.05) is 13.7 Å². The molecule has 1 saturated heterocycles. The predicted molar refractivity (Wildman–Crippen MR) is 83.7 cm³/mol. The lowest BCUT2D eigenvalue weighted by Gasteiger charge is -2.26. The molecule has 0 amide bonds. The summed E-state index contributed by atoms with van der Waals surface area (Å²) in [5.74, 6) is 0. The number of ether oxygens (including phenoxy) is 1. The smallest absolute Gasteiger partial charge is 0.0703 e. The van der Waals surface area contributed by atoms with Gasteiger partial charge in [-0.1, -0.05) is 38.1 Å². The molecular weight excluding hydrogens is 248 g/mol. The predicted octanol–water partition coefficient (Wildman–Crippen LogP) is 2.79. The zero-order valence-corrected chi connectivity index (χ0v) is 13.2. The van der Waals surface area contributed by atoms with Crippen LogP contribution in [0.5, 0.6) is 0 Å². The molecule has 2 unspecified atom stereocenters. The average molecular weight is 276 g/mol. The van der Waals surface area contributed by atoms with Gasteiger partial charge in [-0.2, -0.15) is 0 Å². The first kappa shape index (κ1) is 15.5. The summed E-state index contributed by atoms with van der Waals surface area (Å²) >= 11 is 0. The lowest BCUT2D eigenvalue weighted by atomic mass is 10.1. The van der Waals surface area contributed by atoms with Crippen molar-refractivity contribution in [1.29, 1.82) is 0 Å². The first-order chi connectivity index (χ1) is 9.56. The molecule has 1 aliphatic rings. The van der Waals surface area contributed by atoms with Crippen molar-refractivity contribution in [2.45, 2.75) is 58.5 Å². The number of nitrogens with one attached hydrogen (secondary N) is 1. The maximum Gasteiger partial charge on any atom is 0.0703 e. The van der Waals surface area contributed by atoms with Gasteiger partial charge in [-0.15, -0.1) is 0 Å². The minimum Gasteiger partial charge on any atom is -0.377 e. The van der Waals surface area contributed by atoms with E-state index in [1.165, 1.54) is 11.1 Å². The molecule has 2 rings (SSSR count). The van der Waals surface area contributed by atoms with Crippen molar-refractivity contribution in [2.24, 2.45) is 0 Å². The second-order valence-electron chi connectivity index (χ2n) is 6.20. The van der Waals surface area contributed by atoms with Gasteiger partial charge >= 0.3 is 0 Å². The summed E-state index contributed by atoms with van der Waals surface area (Å²) in [6.07, 6.45) is 1.50. The van der Waals surface area contributed by atoms with E-state index in [1.54, 1.807) is 0 Å². The number of benzene rings is 1. The minimum absolute atomic E-state index is 0.353. The summed E-state index contributed by atoms with van der Waals surface area (Å²) in [6.45, 7) is 9.37. The molecule has 1 fully saturated rings. The lowest BCUT2D eigenvalue weighted by Crippen LogP contribution is -2.36. The van der Waals surface area contributed by atoms with Gasteiger partial charge in [-0.3, -0.25) is 4.90 Å². The van der Waals surface area contributed by atoms with Crippen LogP contribution in [0, 0.1) is 0 Å². The van der Waals surface area contributed by atoms with E-state index >= 15 is 0 Å². The van der Waals surface area contributed by atoms with Crippen LogP contribution in [0.1, 0.15) is 38.3 Å². The first-order valence-corrected chi connectivity index (χ1v) is 7.69. The van der Waals surface area contributed by atoms with Gasteiger partial charge in [0.2, 0.25) is 0 Å². The quantitative estimate of drug-likeness (QED) is 0.864. The fourth-order valence-electron chi connectivity index (χ4n) is 2.86. The van der Waals surface area contributed by atoms with Gasteiger partial charge in [0.15, 0.2) is 0 Å². The number of likely N-dealkylation sites (N-methyl/N-ethyl adjacent to an activating group) is 1. The number of nitrogens with zero attached hydrogens (tertiary/aromatic N) is 1. The molecule has 1 aliphatic heterocycles. The number of hydrogen-bond acceptors (Lipinski definition) is 3. The van der Waals surface area contributed by atoms with Crippen molar-refractivity contribution in [3.05, 3.63) is 35.4 Å². The Kier molecular flexibility index (Phi) is 5.58. The van der Waals surface area contributed by atoms with E-state index in [4.69, 9.17) is 4.74 Å². The second-order valence-corrected chi connectivity index (χ2v) is 6.20.